The fourth-order valence-corrected chi connectivity index (χ4v) is 2.60. The predicted octanol–water partition coefficient (Wildman–Crippen LogP) is 2.87. The van der Waals surface area contributed by atoms with E-state index in [1.807, 2.05) is 24.4 Å². The van der Waals surface area contributed by atoms with Crippen LogP contribution in [0.4, 0.5) is 5.13 Å². The molecule has 0 aliphatic carbocycles. The third kappa shape index (κ3) is 4.59. The van der Waals surface area contributed by atoms with Gasteiger partial charge in [0.25, 0.3) is 0 Å². The first-order valence-electron chi connectivity index (χ1n) is 6.27. The molecule has 0 aliphatic heterocycles. The molecule has 1 aromatic heterocycles. The molecular formula is C14H16ClN3OS. The second-order valence-corrected chi connectivity index (χ2v) is 5.97. The average molecular weight is 310 g/mol. The molecule has 0 fully saturated rings. The van der Waals surface area contributed by atoms with Gasteiger partial charge in [0.1, 0.15) is 0 Å². The Hall–Kier alpha value is -1.43. The minimum absolute atomic E-state index is 0.0646. The molecule has 1 amide bonds. The van der Waals surface area contributed by atoms with Crippen LogP contribution in [0.5, 0.6) is 0 Å². The van der Waals surface area contributed by atoms with Crippen molar-refractivity contribution in [3.05, 3.63) is 45.9 Å². The highest BCUT2D eigenvalue weighted by Gasteiger charge is 2.08. The Balaban J connectivity index is 1.91. The number of nitrogens with one attached hydrogen (secondary N) is 1. The molecular weight excluding hydrogens is 294 g/mol. The van der Waals surface area contributed by atoms with Crippen LogP contribution in [0.15, 0.2) is 29.6 Å². The Bertz CT molecular complexity index is 580. The standard InChI is InChI=1S/C14H16ClN3OS/c1-9(16)6-12-8-20-14(17-12)18-13(19)7-10-2-4-11(15)5-3-10/h2-5,8-9H,6-7,16H2,1H3,(H,17,18,19). The number of halogens is 1. The second-order valence-electron chi connectivity index (χ2n) is 4.68. The molecule has 1 unspecified atom stereocenters. The smallest absolute Gasteiger partial charge is 0.230 e. The molecule has 0 saturated heterocycles. The van der Waals surface area contributed by atoms with Gasteiger partial charge < -0.3 is 11.1 Å². The van der Waals surface area contributed by atoms with Gasteiger partial charge in [0.05, 0.1) is 12.1 Å². The topological polar surface area (TPSA) is 68.0 Å². The normalized spacial score (nSPS) is 12.2. The van der Waals surface area contributed by atoms with Crippen molar-refractivity contribution < 1.29 is 4.79 Å². The number of hydrogen-bond donors (Lipinski definition) is 2. The van der Waals surface area contributed by atoms with Gasteiger partial charge in [-0.2, -0.15) is 0 Å². The van der Waals surface area contributed by atoms with Gasteiger partial charge >= 0.3 is 0 Å². The molecule has 4 nitrogen and oxygen atoms in total. The van der Waals surface area contributed by atoms with Crippen LogP contribution in [0.2, 0.25) is 5.02 Å². The van der Waals surface area contributed by atoms with E-state index < -0.39 is 0 Å². The Morgan fingerprint density at radius 2 is 2.15 bits per heavy atom. The lowest BCUT2D eigenvalue weighted by molar-refractivity contribution is -0.115. The van der Waals surface area contributed by atoms with Crippen molar-refractivity contribution in [2.24, 2.45) is 5.73 Å². The van der Waals surface area contributed by atoms with Gasteiger partial charge in [-0.1, -0.05) is 23.7 Å². The predicted molar refractivity (Wildman–Crippen MR) is 83.3 cm³/mol. The summed E-state index contributed by atoms with van der Waals surface area (Å²) in [6, 6.07) is 7.29. The van der Waals surface area contributed by atoms with E-state index in [1.54, 1.807) is 12.1 Å². The Morgan fingerprint density at radius 3 is 2.80 bits per heavy atom. The minimum Gasteiger partial charge on any atom is -0.328 e. The van der Waals surface area contributed by atoms with Crippen molar-refractivity contribution in [3.63, 3.8) is 0 Å². The summed E-state index contributed by atoms with van der Waals surface area (Å²) < 4.78 is 0. The van der Waals surface area contributed by atoms with Gasteiger partial charge in [-0.3, -0.25) is 4.79 Å². The molecule has 0 spiro atoms. The van der Waals surface area contributed by atoms with Crippen molar-refractivity contribution in [1.29, 1.82) is 0 Å². The summed E-state index contributed by atoms with van der Waals surface area (Å²) in [4.78, 5) is 16.2. The average Bonchev–Trinajstić information content (AvgIpc) is 2.78. The van der Waals surface area contributed by atoms with Gasteiger partial charge in [0.15, 0.2) is 5.13 Å². The zero-order valence-corrected chi connectivity index (χ0v) is 12.7. The van der Waals surface area contributed by atoms with Crippen LogP contribution in [0.1, 0.15) is 18.2 Å². The van der Waals surface area contributed by atoms with Crippen molar-refractivity contribution in [2.45, 2.75) is 25.8 Å². The number of rotatable bonds is 5. The van der Waals surface area contributed by atoms with Crippen molar-refractivity contribution in [3.8, 4) is 0 Å². The molecule has 2 rings (SSSR count). The molecule has 6 heteroatoms. The summed E-state index contributed by atoms with van der Waals surface area (Å²) in [5, 5.41) is 5.98. The van der Waals surface area contributed by atoms with Crippen LogP contribution < -0.4 is 11.1 Å². The summed E-state index contributed by atoms with van der Waals surface area (Å²) in [5.74, 6) is -0.0889. The van der Waals surface area contributed by atoms with Crippen LogP contribution in [-0.2, 0) is 17.6 Å². The number of nitrogens with two attached hydrogens (primary N) is 1. The first kappa shape index (κ1) is 15.0. The summed E-state index contributed by atoms with van der Waals surface area (Å²) in [7, 11) is 0. The number of carbonyl (C=O) groups excluding carboxylic acids is 1. The number of nitrogens with zero attached hydrogens (tertiary/aromatic N) is 1. The molecule has 2 aromatic rings. The number of anilines is 1. The fraction of sp³-hybridized carbons (Fsp3) is 0.286. The molecule has 106 valence electrons. The van der Waals surface area contributed by atoms with E-state index in [0.29, 0.717) is 23.0 Å². The highest BCUT2D eigenvalue weighted by molar-refractivity contribution is 7.13. The maximum atomic E-state index is 11.9. The third-order valence-electron chi connectivity index (χ3n) is 2.61. The van der Waals surface area contributed by atoms with E-state index in [-0.39, 0.29) is 11.9 Å². The molecule has 0 saturated carbocycles. The maximum Gasteiger partial charge on any atom is 0.230 e. The number of hydrogen-bond acceptors (Lipinski definition) is 4. The highest BCUT2D eigenvalue weighted by atomic mass is 35.5. The second kappa shape index (κ2) is 6.83. The van der Waals surface area contributed by atoms with Gasteiger partial charge in [-0.25, -0.2) is 4.98 Å². The molecule has 1 aromatic carbocycles. The highest BCUT2D eigenvalue weighted by Crippen LogP contribution is 2.17. The molecule has 1 heterocycles. The maximum absolute atomic E-state index is 11.9. The SMILES string of the molecule is CC(N)Cc1csc(NC(=O)Cc2ccc(Cl)cc2)n1. The zero-order valence-electron chi connectivity index (χ0n) is 11.1. The van der Waals surface area contributed by atoms with E-state index in [2.05, 4.69) is 10.3 Å². The van der Waals surface area contributed by atoms with Crippen molar-refractivity contribution in [2.75, 3.05) is 5.32 Å². The van der Waals surface area contributed by atoms with E-state index in [1.165, 1.54) is 11.3 Å². The van der Waals surface area contributed by atoms with Gasteiger partial charge in [-0.05, 0) is 24.6 Å². The van der Waals surface area contributed by atoms with Crippen LogP contribution in [0.25, 0.3) is 0 Å². The molecule has 1 atom stereocenters. The summed E-state index contributed by atoms with van der Waals surface area (Å²) in [5.41, 5.74) is 7.54. The van der Waals surface area contributed by atoms with Gasteiger partial charge in [-0.15, -0.1) is 11.3 Å². The summed E-state index contributed by atoms with van der Waals surface area (Å²) >= 11 is 7.22. The molecule has 0 bridgehead atoms. The van der Waals surface area contributed by atoms with Crippen LogP contribution in [0.3, 0.4) is 0 Å². The fourth-order valence-electron chi connectivity index (χ4n) is 1.74. The largest absolute Gasteiger partial charge is 0.328 e. The number of aromatic nitrogens is 1. The van der Waals surface area contributed by atoms with E-state index in [4.69, 9.17) is 17.3 Å². The van der Waals surface area contributed by atoms with Gasteiger partial charge in [0, 0.05) is 22.9 Å². The Labute approximate surface area is 127 Å². The van der Waals surface area contributed by atoms with Crippen LogP contribution in [-0.4, -0.2) is 16.9 Å². The first-order valence-corrected chi connectivity index (χ1v) is 7.53. The number of benzene rings is 1. The van der Waals surface area contributed by atoms with Crippen molar-refractivity contribution >= 4 is 34.0 Å². The molecule has 3 N–H and O–H groups in total. The molecule has 20 heavy (non-hydrogen) atoms. The number of amides is 1. The summed E-state index contributed by atoms with van der Waals surface area (Å²) in [6.45, 7) is 1.93. The number of thiazole rings is 1. The Kier molecular flexibility index (Phi) is 5.11. The zero-order chi connectivity index (χ0) is 14.5. The minimum atomic E-state index is -0.0889. The number of carbonyl (C=O) groups is 1. The third-order valence-corrected chi connectivity index (χ3v) is 3.67. The van der Waals surface area contributed by atoms with Gasteiger partial charge in [0.2, 0.25) is 5.91 Å². The first-order chi connectivity index (χ1) is 9.52. The van der Waals surface area contributed by atoms with E-state index >= 15 is 0 Å². The molecule has 0 radical (unpaired) electrons. The lowest BCUT2D eigenvalue weighted by Crippen LogP contribution is -2.18. The summed E-state index contributed by atoms with van der Waals surface area (Å²) in [6.07, 6.45) is 1.02. The van der Waals surface area contributed by atoms with E-state index in [0.717, 1.165) is 11.3 Å². The quantitative estimate of drug-likeness (QED) is 0.892. The lowest BCUT2D eigenvalue weighted by Gasteiger charge is -2.02. The Morgan fingerprint density at radius 1 is 1.45 bits per heavy atom. The van der Waals surface area contributed by atoms with Crippen molar-refractivity contribution in [1.82, 2.24) is 4.98 Å². The monoisotopic (exact) mass is 309 g/mol. The lowest BCUT2D eigenvalue weighted by atomic mass is 10.1. The van der Waals surface area contributed by atoms with Crippen LogP contribution in [0, 0.1) is 0 Å². The molecule has 0 aliphatic rings. The van der Waals surface area contributed by atoms with E-state index in [9.17, 15) is 4.79 Å². The van der Waals surface area contributed by atoms with Crippen LogP contribution >= 0.6 is 22.9 Å².